The molecule has 0 aromatic heterocycles. The van der Waals surface area contributed by atoms with E-state index in [4.69, 9.17) is 14.2 Å². The van der Waals surface area contributed by atoms with Crippen LogP contribution in [-0.2, 0) is 14.2 Å². The van der Waals surface area contributed by atoms with E-state index in [-0.39, 0.29) is 18.2 Å². The highest BCUT2D eigenvalue weighted by molar-refractivity contribution is 5.74. The Balaban J connectivity index is 2.29. The summed E-state index contributed by atoms with van der Waals surface area (Å²) in [5, 5.41) is 5.69. The summed E-state index contributed by atoms with van der Waals surface area (Å²) in [5.41, 5.74) is 0. The highest BCUT2D eigenvalue weighted by atomic mass is 16.5. The maximum atomic E-state index is 11.7. The molecule has 0 radical (unpaired) electrons. The molecule has 20 heavy (non-hydrogen) atoms. The minimum absolute atomic E-state index is 0.00606. The second kappa shape index (κ2) is 9.93. The molecular formula is C13H27N3O4. The molecule has 1 aliphatic rings. The Kier molecular flexibility index (Phi) is 8.52. The minimum Gasteiger partial charge on any atom is -0.383 e. The predicted octanol–water partition coefficient (Wildman–Crippen LogP) is -0.332. The van der Waals surface area contributed by atoms with Crippen LogP contribution in [0.25, 0.3) is 0 Å². The SMILES string of the molecule is COCCNC(=O)N[C@@H]1CCOC[C@H]1OCCN(C)C. The second-order valence-electron chi connectivity index (χ2n) is 5.08. The monoisotopic (exact) mass is 289 g/mol. The highest BCUT2D eigenvalue weighted by Crippen LogP contribution is 2.11. The number of hydrogen-bond acceptors (Lipinski definition) is 5. The molecule has 7 nitrogen and oxygen atoms in total. The van der Waals surface area contributed by atoms with Crippen LogP contribution in [0.15, 0.2) is 0 Å². The Morgan fingerprint density at radius 2 is 2.20 bits per heavy atom. The Hall–Kier alpha value is -0.890. The van der Waals surface area contributed by atoms with Gasteiger partial charge in [0.25, 0.3) is 0 Å². The fraction of sp³-hybridized carbons (Fsp3) is 0.923. The van der Waals surface area contributed by atoms with Crippen LogP contribution in [0.5, 0.6) is 0 Å². The maximum absolute atomic E-state index is 11.7. The van der Waals surface area contributed by atoms with Crippen LogP contribution in [0.1, 0.15) is 6.42 Å². The van der Waals surface area contributed by atoms with Gasteiger partial charge in [0.05, 0.1) is 25.9 Å². The zero-order chi connectivity index (χ0) is 14.8. The number of amides is 2. The van der Waals surface area contributed by atoms with Gasteiger partial charge in [0.15, 0.2) is 0 Å². The molecule has 1 rings (SSSR count). The molecule has 7 heteroatoms. The van der Waals surface area contributed by atoms with Gasteiger partial charge in [-0.3, -0.25) is 0 Å². The number of ether oxygens (including phenoxy) is 3. The smallest absolute Gasteiger partial charge is 0.315 e. The molecule has 1 heterocycles. The fourth-order valence-corrected chi connectivity index (χ4v) is 1.91. The van der Waals surface area contributed by atoms with Gasteiger partial charge in [0.1, 0.15) is 6.10 Å². The molecule has 118 valence electrons. The Morgan fingerprint density at radius 3 is 2.90 bits per heavy atom. The standard InChI is InChI=1S/C13H27N3O4/c1-16(2)6-9-20-12-10-19-7-4-11(12)15-13(17)14-5-8-18-3/h11-12H,4-10H2,1-3H3,(H2,14,15,17)/t11-,12-/m1/s1. The molecule has 0 aromatic rings. The summed E-state index contributed by atoms with van der Waals surface area (Å²) >= 11 is 0. The average Bonchev–Trinajstić information content (AvgIpc) is 2.40. The quantitative estimate of drug-likeness (QED) is 0.599. The molecule has 1 fully saturated rings. The Bertz CT molecular complexity index is 276. The summed E-state index contributed by atoms with van der Waals surface area (Å²) in [7, 11) is 5.60. The van der Waals surface area contributed by atoms with E-state index in [0.29, 0.717) is 33.0 Å². The summed E-state index contributed by atoms with van der Waals surface area (Å²) in [6, 6.07) is -0.191. The number of nitrogens with one attached hydrogen (secondary N) is 2. The van der Waals surface area contributed by atoms with Crippen LogP contribution in [0.4, 0.5) is 4.79 Å². The van der Waals surface area contributed by atoms with Gasteiger partial charge in [-0.2, -0.15) is 0 Å². The molecule has 2 atom stereocenters. The summed E-state index contributed by atoms with van der Waals surface area (Å²) in [4.78, 5) is 13.8. The van der Waals surface area contributed by atoms with Crippen molar-refractivity contribution >= 4 is 6.03 Å². The Labute approximate surface area is 120 Å². The van der Waals surface area contributed by atoms with Gasteiger partial charge in [0, 0.05) is 26.8 Å². The number of hydrogen-bond donors (Lipinski definition) is 2. The maximum Gasteiger partial charge on any atom is 0.315 e. The molecular weight excluding hydrogens is 262 g/mol. The number of carbonyl (C=O) groups is 1. The normalized spacial score (nSPS) is 22.8. The van der Waals surface area contributed by atoms with Crippen molar-refractivity contribution in [3.63, 3.8) is 0 Å². The predicted molar refractivity (Wildman–Crippen MR) is 75.9 cm³/mol. The van der Waals surface area contributed by atoms with Crippen LogP contribution < -0.4 is 10.6 Å². The molecule has 2 N–H and O–H groups in total. The third-order valence-corrected chi connectivity index (χ3v) is 3.08. The number of methoxy groups -OCH3 is 1. The Morgan fingerprint density at radius 1 is 1.40 bits per heavy atom. The number of likely N-dealkylation sites (N-methyl/N-ethyl adjacent to an activating group) is 1. The van der Waals surface area contributed by atoms with Gasteiger partial charge in [-0.1, -0.05) is 0 Å². The van der Waals surface area contributed by atoms with Crippen LogP contribution in [0.3, 0.4) is 0 Å². The van der Waals surface area contributed by atoms with Crippen molar-refractivity contribution in [3.05, 3.63) is 0 Å². The molecule has 0 aromatic carbocycles. The zero-order valence-electron chi connectivity index (χ0n) is 12.7. The summed E-state index contributed by atoms with van der Waals surface area (Å²) < 4.78 is 16.1. The number of rotatable bonds is 8. The van der Waals surface area contributed by atoms with Gasteiger partial charge in [0.2, 0.25) is 0 Å². The number of nitrogens with zero attached hydrogens (tertiary/aromatic N) is 1. The van der Waals surface area contributed by atoms with Crippen molar-refractivity contribution in [2.75, 3.05) is 60.7 Å². The lowest BCUT2D eigenvalue weighted by molar-refractivity contribution is -0.0684. The first-order valence-corrected chi connectivity index (χ1v) is 7.01. The third-order valence-electron chi connectivity index (χ3n) is 3.08. The first-order chi connectivity index (χ1) is 9.63. The average molecular weight is 289 g/mol. The lowest BCUT2D eigenvalue weighted by Gasteiger charge is -2.32. The van der Waals surface area contributed by atoms with E-state index in [1.807, 2.05) is 14.1 Å². The second-order valence-corrected chi connectivity index (χ2v) is 5.08. The van der Waals surface area contributed by atoms with Crippen molar-refractivity contribution in [2.24, 2.45) is 0 Å². The van der Waals surface area contributed by atoms with E-state index in [1.165, 1.54) is 0 Å². The van der Waals surface area contributed by atoms with Crippen molar-refractivity contribution in [3.8, 4) is 0 Å². The highest BCUT2D eigenvalue weighted by Gasteiger charge is 2.27. The number of urea groups is 1. The molecule has 0 saturated carbocycles. The van der Waals surface area contributed by atoms with Gasteiger partial charge in [-0.05, 0) is 20.5 Å². The van der Waals surface area contributed by atoms with E-state index in [0.717, 1.165) is 13.0 Å². The lowest BCUT2D eigenvalue weighted by Crippen LogP contribution is -2.53. The molecule has 2 amide bonds. The van der Waals surface area contributed by atoms with Crippen LogP contribution in [0.2, 0.25) is 0 Å². The van der Waals surface area contributed by atoms with Crippen LogP contribution >= 0.6 is 0 Å². The topological polar surface area (TPSA) is 72.1 Å². The first kappa shape index (κ1) is 17.2. The van der Waals surface area contributed by atoms with Crippen molar-refractivity contribution in [2.45, 2.75) is 18.6 Å². The molecule has 0 spiro atoms. The van der Waals surface area contributed by atoms with Crippen LogP contribution in [-0.4, -0.2) is 83.8 Å². The fourth-order valence-electron chi connectivity index (χ4n) is 1.91. The largest absolute Gasteiger partial charge is 0.383 e. The van der Waals surface area contributed by atoms with Crippen molar-refractivity contribution in [1.82, 2.24) is 15.5 Å². The first-order valence-electron chi connectivity index (χ1n) is 7.01. The third kappa shape index (κ3) is 7.04. The summed E-state index contributed by atoms with van der Waals surface area (Å²) in [6.07, 6.45) is 0.682. The van der Waals surface area contributed by atoms with Gasteiger partial charge in [-0.15, -0.1) is 0 Å². The van der Waals surface area contributed by atoms with Gasteiger partial charge in [-0.25, -0.2) is 4.79 Å². The zero-order valence-corrected chi connectivity index (χ0v) is 12.7. The van der Waals surface area contributed by atoms with Crippen LogP contribution in [0, 0.1) is 0 Å². The molecule has 0 aliphatic carbocycles. The van der Waals surface area contributed by atoms with Gasteiger partial charge < -0.3 is 29.7 Å². The van der Waals surface area contributed by atoms with E-state index < -0.39 is 0 Å². The summed E-state index contributed by atoms with van der Waals surface area (Å²) in [5.74, 6) is 0. The van der Waals surface area contributed by atoms with E-state index in [1.54, 1.807) is 7.11 Å². The molecule has 1 saturated heterocycles. The molecule has 0 unspecified atom stereocenters. The van der Waals surface area contributed by atoms with Crippen molar-refractivity contribution in [1.29, 1.82) is 0 Å². The molecule has 0 bridgehead atoms. The van der Waals surface area contributed by atoms with E-state index >= 15 is 0 Å². The van der Waals surface area contributed by atoms with Crippen molar-refractivity contribution < 1.29 is 19.0 Å². The summed E-state index contributed by atoms with van der Waals surface area (Å²) in [6.45, 7) is 3.66. The lowest BCUT2D eigenvalue weighted by atomic mass is 10.1. The van der Waals surface area contributed by atoms with Gasteiger partial charge >= 0.3 is 6.03 Å². The minimum atomic E-state index is -0.185. The molecule has 1 aliphatic heterocycles. The van der Waals surface area contributed by atoms with E-state index in [9.17, 15) is 4.79 Å². The number of carbonyl (C=O) groups excluding carboxylic acids is 1. The van der Waals surface area contributed by atoms with E-state index in [2.05, 4.69) is 15.5 Å².